The number of rotatable bonds is 6. The molecule has 0 aromatic carbocycles. The quantitative estimate of drug-likeness (QED) is 0.332. The number of halogens is 3. The van der Waals surface area contributed by atoms with E-state index in [0.717, 1.165) is 16.6 Å². The van der Waals surface area contributed by atoms with E-state index in [1.54, 1.807) is 0 Å². The van der Waals surface area contributed by atoms with Gasteiger partial charge in [0.2, 0.25) is 0 Å². The highest BCUT2D eigenvalue weighted by molar-refractivity contribution is 7.80. The molecule has 0 rings (SSSR count). The minimum atomic E-state index is -5.08. The van der Waals surface area contributed by atoms with Crippen molar-refractivity contribution in [3.8, 4) is 0 Å². The number of carboxylic acids is 1. The standard InChI is InChI=1S/C9H22Si.C4H10O2S2.C2HF3O2/c1-7(2)10(8(3)4)9(5)6;5-3(1-7)4(6)2-8;3-2(4,5)1(6)7/h7-10H,1-6H3;3-8H,1-2H2;(H,6,7). The third kappa shape index (κ3) is 17.3. The van der Waals surface area contributed by atoms with E-state index in [0.29, 0.717) is 0 Å². The van der Waals surface area contributed by atoms with Gasteiger partial charge in [0.05, 0.1) is 12.2 Å². The third-order valence-electron chi connectivity index (χ3n) is 3.37. The summed E-state index contributed by atoms with van der Waals surface area (Å²) in [5.41, 5.74) is 2.92. The molecule has 4 nitrogen and oxygen atoms in total. The number of alkyl halides is 3. The number of hydrogen-bond acceptors (Lipinski definition) is 5. The molecule has 0 spiro atoms. The maximum Gasteiger partial charge on any atom is 0.490 e. The van der Waals surface area contributed by atoms with Crippen molar-refractivity contribution in [1.82, 2.24) is 0 Å². The average Bonchev–Trinajstić information content (AvgIpc) is 2.44. The Balaban J connectivity index is -0.000000296. The SMILES string of the molecule is CC(C)[SiH](C(C)C)C(C)C.O=C(O)C(F)(F)F.OC(CS)C(O)CS. The molecule has 0 radical (unpaired) electrons. The second-order valence-corrected chi connectivity index (χ2v) is 12.5. The summed E-state index contributed by atoms with van der Waals surface area (Å²) < 4.78 is 31.7. The molecule has 0 fully saturated rings. The predicted octanol–water partition coefficient (Wildman–Crippen LogP) is 3.64. The molecule has 0 aliphatic carbocycles. The van der Waals surface area contributed by atoms with Crippen molar-refractivity contribution in [2.75, 3.05) is 11.5 Å². The molecule has 0 saturated heterocycles. The van der Waals surface area contributed by atoms with Gasteiger partial charge in [0.15, 0.2) is 0 Å². The van der Waals surface area contributed by atoms with Crippen molar-refractivity contribution in [2.24, 2.45) is 0 Å². The molecule has 0 aliphatic rings. The van der Waals surface area contributed by atoms with Crippen LogP contribution < -0.4 is 0 Å². The predicted molar refractivity (Wildman–Crippen MR) is 106 cm³/mol. The summed E-state index contributed by atoms with van der Waals surface area (Å²) >= 11 is 7.53. The summed E-state index contributed by atoms with van der Waals surface area (Å²) in [5, 5.41) is 24.6. The van der Waals surface area contributed by atoms with Crippen LogP contribution in [-0.2, 0) is 4.79 Å². The lowest BCUT2D eigenvalue weighted by Gasteiger charge is -2.26. The van der Waals surface area contributed by atoms with Gasteiger partial charge in [0.25, 0.3) is 0 Å². The summed E-state index contributed by atoms with van der Waals surface area (Å²) in [5.74, 6) is -2.20. The van der Waals surface area contributed by atoms with E-state index in [4.69, 9.17) is 20.1 Å². The second-order valence-electron chi connectivity index (χ2n) is 6.61. The smallest absolute Gasteiger partial charge is 0.475 e. The van der Waals surface area contributed by atoms with Gasteiger partial charge in [-0.25, -0.2) is 4.79 Å². The van der Waals surface area contributed by atoms with Crippen molar-refractivity contribution in [3.63, 3.8) is 0 Å². The van der Waals surface area contributed by atoms with Crippen LogP contribution in [0.4, 0.5) is 13.2 Å². The summed E-state index contributed by atoms with van der Waals surface area (Å²) in [6.07, 6.45) is -6.56. The topological polar surface area (TPSA) is 77.8 Å². The van der Waals surface area contributed by atoms with Gasteiger partial charge in [-0.05, 0) is 0 Å². The number of aliphatic hydroxyl groups excluding tert-OH is 2. The largest absolute Gasteiger partial charge is 0.490 e. The van der Waals surface area contributed by atoms with E-state index >= 15 is 0 Å². The first kappa shape index (κ1) is 29.8. The van der Waals surface area contributed by atoms with Crippen LogP contribution in [-0.4, -0.2) is 60.0 Å². The van der Waals surface area contributed by atoms with Gasteiger partial charge in [-0.3, -0.25) is 0 Å². The van der Waals surface area contributed by atoms with E-state index in [1.165, 1.54) is 0 Å². The molecule has 0 aromatic heterocycles. The van der Waals surface area contributed by atoms with E-state index in [2.05, 4.69) is 66.8 Å². The van der Waals surface area contributed by atoms with Crippen molar-refractivity contribution in [3.05, 3.63) is 0 Å². The van der Waals surface area contributed by atoms with Crippen molar-refractivity contribution < 1.29 is 33.3 Å². The van der Waals surface area contributed by atoms with Crippen LogP contribution in [0.2, 0.25) is 16.6 Å². The van der Waals surface area contributed by atoms with Crippen LogP contribution in [0, 0.1) is 0 Å². The van der Waals surface area contributed by atoms with Crippen LogP contribution in [0.1, 0.15) is 41.5 Å². The monoisotopic (exact) mass is 426 g/mol. The first-order chi connectivity index (χ1) is 11.1. The Morgan fingerprint density at radius 3 is 1.12 bits per heavy atom. The minimum absolute atomic E-state index is 0.279. The van der Waals surface area contributed by atoms with Crippen molar-refractivity contribution in [2.45, 2.75) is 76.6 Å². The Bertz CT molecular complexity index is 316. The zero-order valence-electron chi connectivity index (χ0n) is 15.7. The third-order valence-corrected chi connectivity index (χ3v) is 8.74. The lowest BCUT2D eigenvalue weighted by molar-refractivity contribution is -0.192. The molecular formula is C15H33F3O4S2Si. The molecule has 154 valence electrons. The zero-order chi connectivity index (χ0) is 21.0. The molecule has 10 heteroatoms. The van der Waals surface area contributed by atoms with Crippen LogP contribution >= 0.6 is 25.3 Å². The first-order valence-corrected chi connectivity index (χ1v) is 11.3. The molecule has 2 atom stereocenters. The Hall–Kier alpha value is 0.0969. The number of hydrogen-bond donors (Lipinski definition) is 5. The second kappa shape index (κ2) is 15.2. The molecule has 0 bridgehead atoms. The summed E-state index contributed by atoms with van der Waals surface area (Å²) in [6.45, 7) is 14.3. The molecule has 0 aliphatic heterocycles. The maximum absolute atomic E-state index is 10.6. The molecule has 2 unspecified atom stereocenters. The fourth-order valence-electron chi connectivity index (χ4n) is 2.55. The van der Waals surface area contributed by atoms with E-state index in [1.807, 2.05) is 0 Å². The Labute approximate surface area is 161 Å². The van der Waals surface area contributed by atoms with Gasteiger partial charge in [-0.2, -0.15) is 38.4 Å². The Morgan fingerprint density at radius 1 is 0.880 bits per heavy atom. The molecule has 0 aromatic rings. The molecule has 0 amide bonds. The lowest BCUT2D eigenvalue weighted by Crippen LogP contribution is -2.28. The maximum atomic E-state index is 10.6. The van der Waals surface area contributed by atoms with Crippen molar-refractivity contribution >= 4 is 40.0 Å². The van der Waals surface area contributed by atoms with E-state index < -0.39 is 33.2 Å². The molecule has 0 saturated carbocycles. The van der Waals surface area contributed by atoms with Gasteiger partial charge >= 0.3 is 12.1 Å². The highest BCUT2D eigenvalue weighted by Crippen LogP contribution is 2.29. The molecule has 0 heterocycles. The minimum Gasteiger partial charge on any atom is -0.475 e. The van der Waals surface area contributed by atoms with Gasteiger partial charge in [0, 0.05) is 20.3 Å². The van der Waals surface area contributed by atoms with Crippen LogP contribution in [0.25, 0.3) is 0 Å². The van der Waals surface area contributed by atoms with Gasteiger partial charge in [-0.15, -0.1) is 0 Å². The normalized spacial score (nSPS) is 14.0. The first-order valence-electron chi connectivity index (χ1n) is 8.01. The van der Waals surface area contributed by atoms with E-state index in [9.17, 15) is 13.2 Å². The van der Waals surface area contributed by atoms with Crippen LogP contribution in [0.5, 0.6) is 0 Å². The average molecular weight is 427 g/mol. The van der Waals surface area contributed by atoms with Crippen LogP contribution in [0.3, 0.4) is 0 Å². The molecule has 25 heavy (non-hydrogen) atoms. The number of thiol groups is 2. The number of carbonyl (C=O) groups is 1. The number of aliphatic hydroxyl groups is 2. The highest BCUT2D eigenvalue weighted by Gasteiger charge is 2.38. The summed E-state index contributed by atoms with van der Waals surface area (Å²) in [7, 11) is -0.454. The highest BCUT2D eigenvalue weighted by atomic mass is 32.1. The van der Waals surface area contributed by atoms with Crippen molar-refractivity contribution in [1.29, 1.82) is 0 Å². The molecular weight excluding hydrogens is 393 g/mol. The fraction of sp³-hybridized carbons (Fsp3) is 0.933. The summed E-state index contributed by atoms with van der Waals surface area (Å²) in [4.78, 5) is 8.90. The fourth-order valence-corrected chi connectivity index (χ4v) is 7.66. The Kier molecular flexibility index (Phi) is 18.1. The molecule has 3 N–H and O–H groups in total. The van der Waals surface area contributed by atoms with E-state index in [-0.39, 0.29) is 11.5 Å². The van der Waals surface area contributed by atoms with Gasteiger partial charge in [0.1, 0.15) is 0 Å². The summed E-state index contributed by atoms with van der Waals surface area (Å²) in [6, 6.07) is 0. The van der Waals surface area contributed by atoms with Gasteiger partial charge < -0.3 is 15.3 Å². The number of aliphatic carboxylic acids is 1. The zero-order valence-corrected chi connectivity index (χ0v) is 18.6. The number of carboxylic acid groups (broad SMARTS) is 1. The van der Waals surface area contributed by atoms with Crippen LogP contribution in [0.15, 0.2) is 0 Å². The Morgan fingerprint density at radius 2 is 1.08 bits per heavy atom. The van der Waals surface area contributed by atoms with Gasteiger partial charge in [-0.1, -0.05) is 58.2 Å². The lowest BCUT2D eigenvalue weighted by atomic mass is 10.3.